The molecule has 2 fully saturated rings. The topological polar surface area (TPSA) is 51.7 Å². The summed E-state index contributed by atoms with van der Waals surface area (Å²) in [5.74, 6) is 1.98. The van der Waals surface area contributed by atoms with Crippen molar-refractivity contribution in [2.75, 3.05) is 39.1 Å². The number of ether oxygens (including phenoxy) is 2. The average Bonchev–Trinajstić information content (AvgIpc) is 3.40. The number of aromatic nitrogens is 1. The van der Waals surface area contributed by atoms with Crippen molar-refractivity contribution in [2.24, 2.45) is 5.41 Å². The number of halogens is 1. The number of carbonyl (C=O) groups is 1. The Morgan fingerprint density at radius 3 is 2.74 bits per heavy atom. The van der Waals surface area contributed by atoms with Crippen LogP contribution in [0.2, 0.25) is 5.02 Å². The second kappa shape index (κ2) is 12.6. The number of fused-ring (bicyclic) bond motifs is 1. The van der Waals surface area contributed by atoms with Crippen LogP contribution in [0.3, 0.4) is 0 Å². The van der Waals surface area contributed by atoms with Crippen LogP contribution in [0.15, 0.2) is 24.4 Å². The van der Waals surface area contributed by atoms with Gasteiger partial charge in [0.25, 0.3) is 0 Å². The molecule has 5 nitrogen and oxygen atoms in total. The maximum Gasteiger partial charge on any atom is 0.312 e. The van der Waals surface area contributed by atoms with E-state index in [1.54, 1.807) is 13.3 Å². The minimum atomic E-state index is -0.391. The lowest BCUT2D eigenvalue weighted by atomic mass is 9.74. The number of aryl methyl sites for hydroxylation is 1. The normalized spacial score (nSPS) is 18.7. The van der Waals surface area contributed by atoms with Crippen molar-refractivity contribution >= 4 is 40.2 Å². The van der Waals surface area contributed by atoms with Crippen LogP contribution in [-0.4, -0.2) is 60.2 Å². The van der Waals surface area contributed by atoms with Crippen LogP contribution < -0.4 is 4.74 Å². The number of hydrogen-bond acceptors (Lipinski definition) is 6. The second-order valence-electron chi connectivity index (χ2n) is 9.94. The molecule has 1 saturated heterocycles. The third-order valence-corrected chi connectivity index (χ3v) is 9.49. The minimum Gasteiger partial charge on any atom is -0.497 e. The predicted octanol–water partition coefficient (Wildman–Crippen LogP) is 6.54. The molecule has 1 saturated carbocycles. The lowest BCUT2D eigenvalue weighted by Crippen LogP contribution is -2.45. The van der Waals surface area contributed by atoms with E-state index in [-0.39, 0.29) is 5.97 Å². The molecule has 192 valence electrons. The SMILES string of the molecule is CCOC(=O)C1(CCCc2c(Cl)cnc3ccc(OC)cc23)CCN(CCSC2CCCC2)CC1. The molecule has 0 atom stereocenters. The Labute approximate surface area is 219 Å². The van der Waals surface area contributed by atoms with Crippen LogP contribution >= 0.6 is 23.4 Å². The molecule has 2 aliphatic rings. The van der Waals surface area contributed by atoms with Gasteiger partial charge in [-0.3, -0.25) is 9.78 Å². The summed E-state index contributed by atoms with van der Waals surface area (Å²) in [4.78, 5) is 20.1. The van der Waals surface area contributed by atoms with E-state index in [9.17, 15) is 4.79 Å². The number of methoxy groups -OCH3 is 1. The summed E-state index contributed by atoms with van der Waals surface area (Å²) in [6.45, 7) is 5.40. The first-order valence-electron chi connectivity index (χ1n) is 13.2. The smallest absolute Gasteiger partial charge is 0.312 e. The van der Waals surface area contributed by atoms with Gasteiger partial charge in [0, 0.05) is 29.1 Å². The van der Waals surface area contributed by atoms with Crippen molar-refractivity contribution in [2.45, 2.75) is 70.0 Å². The maximum atomic E-state index is 13.1. The van der Waals surface area contributed by atoms with Gasteiger partial charge >= 0.3 is 5.97 Å². The average molecular weight is 519 g/mol. The molecule has 0 spiro atoms. The molecule has 0 amide bonds. The van der Waals surface area contributed by atoms with Crippen molar-refractivity contribution in [3.05, 3.63) is 35.0 Å². The van der Waals surface area contributed by atoms with E-state index >= 15 is 0 Å². The van der Waals surface area contributed by atoms with Crippen molar-refractivity contribution in [3.8, 4) is 5.75 Å². The van der Waals surface area contributed by atoms with Gasteiger partial charge in [-0.2, -0.15) is 11.8 Å². The number of carbonyl (C=O) groups excluding carboxylic acids is 1. The molecule has 1 aromatic heterocycles. The Kier molecular flexibility index (Phi) is 9.60. The molecule has 0 unspecified atom stereocenters. The Morgan fingerprint density at radius 1 is 1.26 bits per heavy atom. The van der Waals surface area contributed by atoms with Gasteiger partial charge in [-0.25, -0.2) is 0 Å². The number of rotatable bonds is 11. The highest BCUT2D eigenvalue weighted by molar-refractivity contribution is 7.99. The molecule has 1 aromatic carbocycles. The van der Waals surface area contributed by atoms with Gasteiger partial charge in [-0.05, 0) is 88.7 Å². The highest BCUT2D eigenvalue weighted by Crippen LogP contribution is 2.39. The summed E-state index contributed by atoms with van der Waals surface area (Å²) in [6, 6.07) is 5.89. The standard InChI is InChI=1S/C28H39ClN2O3S/c1-3-34-27(32)28(13-15-31(16-14-28)17-18-35-22-7-4-5-8-22)12-6-9-23-24-19-21(33-2)10-11-26(24)30-20-25(23)29/h10-11,19-20,22H,3-9,12-18H2,1-2H3. The first-order valence-corrected chi connectivity index (χ1v) is 14.6. The fourth-order valence-electron chi connectivity index (χ4n) is 5.64. The molecule has 1 aliphatic heterocycles. The van der Waals surface area contributed by atoms with Gasteiger partial charge in [0.15, 0.2) is 0 Å². The Morgan fingerprint density at radius 2 is 2.03 bits per heavy atom. The summed E-state index contributed by atoms with van der Waals surface area (Å²) in [7, 11) is 1.67. The highest BCUT2D eigenvalue weighted by Gasteiger charge is 2.42. The molecule has 2 aromatic rings. The highest BCUT2D eigenvalue weighted by atomic mass is 35.5. The fraction of sp³-hybridized carbons (Fsp3) is 0.643. The van der Waals surface area contributed by atoms with Crippen LogP contribution in [-0.2, 0) is 16.0 Å². The van der Waals surface area contributed by atoms with E-state index in [4.69, 9.17) is 21.1 Å². The Bertz CT molecular complexity index is 988. The lowest BCUT2D eigenvalue weighted by molar-refractivity contribution is -0.159. The molecule has 35 heavy (non-hydrogen) atoms. The first kappa shape index (κ1) is 26.6. The van der Waals surface area contributed by atoms with Gasteiger partial charge in [0.2, 0.25) is 0 Å². The molecule has 0 N–H and O–H groups in total. The van der Waals surface area contributed by atoms with E-state index in [0.717, 1.165) is 79.2 Å². The minimum absolute atomic E-state index is 0.0210. The number of esters is 1. The number of likely N-dealkylation sites (tertiary alicyclic amines) is 1. The maximum absolute atomic E-state index is 13.1. The molecule has 0 radical (unpaired) electrons. The predicted molar refractivity (Wildman–Crippen MR) is 146 cm³/mol. The van der Waals surface area contributed by atoms with E-state index < -0.39 is 5.41 Å². The van der Waals surface area contributed by atoms with E-state index in [2.05, 4.69) is 21.6 Å². The zero-order chi connectivity index (χ0) is 24.7. The van der Waals surface area contributed by atoms with Crippen molar-refractivity contribution < 1.29 is 14.3 Å². The van der Waals surface area contributed by atoms with Crippen LogP contribution in [0.4, 0.5) is 0 Å². The van der Waals surface area contributed by atoms with Gasteiger partial charge in [-0.15, -0.1) is 0 Å². The molecule has 2 heterocycles. The van der Waals surface area contributed by atoms with Gasteiger partial charge in [-0.1, -0.05) is 24.4 Å². The van der Waals surface area contributed by atoms with Crippen LogP contribution in [0, 0.1) is 5.41 Å². The third-order valence-electron chi connectivity index (χ3n) is 7.80. The number of pyridine rings is 1. The summed E-state index contributed by atoms with van der Waals surface area (Å²) >= 11 is 8.73. The number of thioether (sulfide) groups is 1. The Balaban J connectivity index is 1.37. The zero-order valence-corrected chi connectivity index (χ0v) is 22.8. The third kappa shape index (κ3) is 6.64. The molecule has 1 aliphatic carbocycles. The molecular formula is C28H39ClN2O3S. The second-order valence-corrected chi connectivity index (χ2v) is 11.8. The van der Waals surface area contributed by atoms with Gasteiger partial charge < -0.3 is 14.4 Å². The largest absolute Gasteiger partial charge is 0.497 e. The van der Waals surface area contributed by atoms with Crippen molar-refractivity contribution in [1.29, 1.82) is 0 Å². The van der Waals surface area contributed by atoms with E-state index in [1.165, 1.54) is 31.4 Å². The molecule has 0 bridgehead atoms. The zero-order valence-electron chi connectivity index (χ0n) is 21.2. The number of nitrogens with zero attached hydrogens (tertiary/aromatic N) is 2. The summed E-state index contributed by atoms with van der Waals surface area (Å²) < 4.78 is 11.0. The van der Waals surface area contributed by atoms with Crippen LogP contribution in [0.5, 0.6) is 5.75 Å². The number of piperidine rings is 1. The van der Waals surface area contributed by atoms with E-state index in [0.29, 0.717) is 11.6 Å². The summed E-state index contributed by atoms with van der Waals surface area (Å²) in [5.41, 5.74) is 1.60. The Hall–Kier alpha value is -1.50. The quantitative estimate of drug-likeness (QED) is 0.315. The fourth-order valence-corrected chi connectivity index (χ4v) is 7.24. The van der Waals surface area contributed by atoms with Gasteiger partial charge in [0.05, 0.1) is 29.7 Å². The van der Waals surface area contributed by atoms with Crippen LogP contribution in [0.1, 0.15) is 63.9 Å². The molecular weight excluding hydrogens is 480 g/mol. The van der Waals surface area contributed by atoms with E-state index in [1.807, 2.05) is 25.1 Å². The summed E-state index contributed by atoms with van der Waals surface area (Å²) in [6.07, 6.45) is 11.6. The van der Waals surface area contributed by atoms with Crippen molar-refractivity contribution in [3.63, 3.8) is 0 Å². The molecule has 4 rings (SSSR count). The molecule has 7 heteroatoms. The number of hydrogen-bond donors (Lipinski definition) is 0. The first-order chi connectivity index (χ1) is 17.0. The lowest BCUT2D eigenvalue weighted by Gasteiger charge is -2.40. The monoisotopic (exact) mass is 518 g/mol. The van der Waals surface area contributed by atoms with Gasteiger partial charge in [0.1, 0.15) is 5.75 Å². The summed E-state index contributed by atoms with van der Waals surface area (Å²) in [5, 5.41) is 2.57. The van der Waals surface area contributed by atoms with Crippen molar-refractivity contribution in [1.82, 2.24) is 9.88 Å². The van der Waals surface area contributed by atoms with Crippen LogP contribution in [0.25, 0.3) is 10.9 Å². The number of benzene rings is 1.